The minimum Gasteiger partial charge on any atom is -0.480 e. The molecule has 0 saturated heterocycles. The van der Waals surface area contributed by atoms with Crippen LogP contribution in [0.5, 0.6) is 0 Å². The second-order valence-electron chi connectivity index (χ2n) is 6.58. The number of carboxylic acids is 1. The summed E-state index contributed by atoms with van der Waals surface area (Å²) in [5.74, 6) is -0.839. The number of carbonyl (C=O) groups is 2. The largest absolute Gasteiger partial charge is 0.480 e. The van der Waals surface area contributed by atoms with Crippen LogP contribution in [-0.2, 0) is 4.79 Å². The van der Waals surface area contributed by atoms with Crippen LogP contribution in [-0.4, -0.2) is 33.5 Å². The molecule has 3 N–H and O–H groups in total. The summed E-state index contributed by atoms with van der Waals surface area (Å²) in [7, 11) is 0. The van der Waals surface area contributed by atoms with E-state index in [1.54, 1.807) is 35.6 Å². The van der Waals surface area contributed by atoms with Gasteiger partial charge in [0.2, 0.25) is 0 Å². The number of amides is 1. The van der Waals surface area contributed by atoms with Crippen LogP contribution in [0.15, 0.2) is 60.9 Å². The number of carboxylic acid groups (broad SMARTS) is 1. The van der Waals surface area contributed by atoms with Gasteiger partial charge in [0.25, 0.3) is 5.91 Å². The summed E-state index contributed by atoms with van der Waals surface area (Å²) in [5, 5.41) is 15.3. The Hall–Kier alpha value is -3.78. The minimum absolute atomic E-state index is 0.381. The lowest BCUT2D eigenvalue weighted by Crippen LogP contribution is -2.29. The molecule has 4 aromatic rings. The molecule has 0 aliphatic heterocycles. The molecule has 0 fully saturated rings. The zero-order chi connectivity index (χ0) is 21.1. The van der Waals surface area contributed by atoms with Crippen molar-refractivity contribution in [1.29, 1.82) is 0 Å². The summed E-state index contributed by atoms with van der Waals surface area (Å²) >= 11 is 1.62. The Morgan fingerprint density at radius 1 is 1.03 bits per heavy atom. The van der Waals surface area contributed by atoms with Crippen LogP contribution in [0.4, 0.5) is 11.5 Å². The summed E-state index contributed by atoms with van der Waals surface area (Å²) in [6.07, 6.45) is 1.53. The Kier molecular flexibility index (Phi) is 5.40. The number of aryl methyl sites for hydroxylation is 1. The van der Waals surface area contributed by atoms with Gasteiger partial charge < -0.3 is 15.7 Å². The van der Waals surface area contributed by atoms with Crippen LogP contribution < -0.4 is 10.6 Å². The number of nitrogens with one attached hydrogen (secondary N) is 2. The lowest BCUT2D eigenvalue weighted by molar-refractivity contribution is -0.135. The number of benzene rings is 2. The van der Waals surface area contributed by atoms with Crippen molar-refractivity contribution in [2.75, 3.05) is 11.9 Å². The number of rotatable bonds is 6. The van der Waals surface area contributed by atoms with E-state index in [9.17, 15) is 9.59 Å². The van der Waals surface area contributed by atoms with Crippen LogP contribution in [0.1, 0.15) is 15.2 Å². The first-order valence-corrected chi connectivity index (χ1v) is 10.0. The van der Waals surface area contributed by atoms with Crippen molar-refractivity contribution in [3.05, 3.63) is 71.4 Å². The molecule has 150 valence electrons. The summed E-state index contributed by atoms with van der Waals surface area (Å²) < 4.78 is 0. The Labute approximate surface area is 176 Å². The predicted octanol–water partition coefficient (Wildman–Crippen LogP) is 4.22. The van der Waals surface area contributed by atoms with E-state index < -0.39 is 18.4 Å². The molecule has 30 heavy (non-hydrogen) atoms. The fraction of sp³-hybridized carbons (Fsp3) is 0.0909. The molecule has 0 saturated carbocycles. The predicted molar refractivity (Wildman–Crippen MR) is 117 cm³/mol. The van der Waals surface area contributed by atoms with E-state index in [1.807, 2.05) is 18.2 Å². The second kappa shape index (κ2) is 8.30. The number of fused-ring (bicyclic) bond motifs is 1. The van der Waals surface area contributed by atoms with E-state index in [0.717, 1.165) is 31.9 Å². The third-order valence-electron chi connectivity index (χ3n) is 4.54. The molecule has 0 radical (unpaired) electrons. The molecule has 0 atom stereocenters. The van der Waals surface area contributed by atoms with Gasteiger partial charge in [-0.1, -0.05) is 30.3 Å². The number of nitrogens with zero attached hydrogens (tertiary/aromatic N) is 2. The molecule has 8 heteroatoms. The molecule has 0 spiro atoms. The number of aromatic nitrogens is 2. The Morgan fingerprint density at radius 3 is 2.47 bits per heavy atom. The van der Waals surface area contributed by atoms with Crippen molar-refractivity contribution in [3.8, 4) is 11.1 Å². The van der Waals surface area contributed by atoms with Crippen LogP contribution in [0.25, 0.3) is 21.3 Å². The van der Waals surface area contributed by atoms with Crippen LogP contribution in [0.2, 0.25) is 0 Å². The van der Waals surface area contributed by atoms with E-state index in [-0.39, 0.29) is 0 Å². The first kappa shape index (κ1) is 19.5. The number of anilines is 2. The molecule has 2 aromatic carbocycles. The van der Waals surface area contributed by atoms with Crippen LogP contribution in [0, 0.1) is 6.92 Å². The Balaban J connectivity index is 1.65. The van der Waals surface area contributed by atoms with E-state index in [1.165, 1.54) is 6.33 Å². The van der Waals surface area contributed by atoms with Crippen molar-refractivity contribution in [2.24, 2.45) is 0 Å². The highest BCUT2D eigenvalue weighted by Crippen LogP contribution is 2.40. The molecule has 2 heterocycles. The molecule has 0 unspecified atom stereocenters. The maximum atomic E-state index is 12.0. The SMILES string of the molecule is Cc1sc2ncnc(Nc3ccc(C(=O)NCC(=O)O)cc3)c2c1-c1ccccc1. The maximum Gasteiger partial charge on any atom is 0.322 e. The third kappa shape index (κ3) is 3.99. The van der Waals surface area contributed by atoms with E-state index in [4.69, 9.17) is 5.11 Å². The molecule has 7 nitrogen and oxygen atoms in total. The third-order valence-corrected chi connectivity index (χ3v) is 5.55. The first-order chi connectivity index (χ1) is 14.5. The van der Waals surface area contributed by atoms with Gasteiger partial charge in [0.15, 0.2) is 0 Å². The van der Waals surface area contributed by atoms with E-state index in [2.05, 4.69) is 39.7 Å². The fourth-order valence-electron chi connectivity index (χ4n) is 3.19. The smallest absolute Gasteiger partial charge is 0.322 e. The van der Waals surface area contributed by atoms with Gasteiger partial charge in [0.05, 0.1) is 5.39 Å². The summed E-state index contributed by atoms with van der Waals surface area (Å²) in [5.41, 5.74) is 3.34. The average Bonchev–Trinajstić information content (AvgIpc) is 3.10. The van der Waals surface area contributed by atoms with Gasteiger partial charge in [0, 0.05) is 21.7 Å². The number of hydrogen-bond acceptors (Lipinski definition) is 6. The molecule has 0 aliphatic rings. The molecular weight excluding hydrogens is 400 g/mol. The first-order valence-electron chi connectivity index (χ1n) is 9.19. The van der Waals surface area contributed by atoms with Gasteiger partial charge in [0.1, 0.15) is 23.5 Å². The van der Waals surface area contributed by atoms with Crippen LogP contribution in [0.3, 0.4) is 0 Å². The monoisotopic (exact) mass is 418 g/mol. The molecule has 4 rings (SSSR count). The highest BCUT2D eigenvalue weighted by molar-refractivity contribution is 7.19. The molecular formula is C22H18N4O3S. The summed E-state index contributed by atoms with van der Waals surface area (Å²) in [4.78, 5) is 33.5. The zero-order valence-corrected chi connectivity index (χ0v) is 16.9. The fourth-order valence-corrected chi connectivity index (χ4v) is 4.20. The van der Waals surface area contributed by atoms with E-state index >= 15 is 0 Å². The Bertz CT molecular complexity index is 1220. The lowest BCUT2D eigenvalue weighted by atomic mass is 10.0. The van der Waals surface area contributed by atoms with Crippen LogP contribution >= 0.6 is 11.3 Å². The Morgan fingerprint density at radius 2 is 1.77 bits per heavy atom. The number of aliphatic carboxylic acids is 1. The highest BCUT2D eigenvalue weighted by atomic mass is 32.1. The van der Waals surface area contributed by atoms with Gasteiger partial charge in [-0.2, -0.15) is 0 Å². The molecule has 1 amide bonds. The standard InChI is InChI=1S/C22H18N4O3S/c1-13-18(14-5-3-2-4-6-14)19-20(24-12-25-22(19)30-13)26-16-9-7-15(8-10-16)21(29)23-11-17(27)28/h2-10,12H,11H2,1H3,(H,23,29)(H,27,28)(H,24,25,26). The summed E-state index contributed by atoms with van der Waals surface area (Å²) in [6, 6.07) is 16.9. The summed E-state index contributed by atoms with van der Waals surface area (Å²) in [6.45, 7) is 1.65. The van der Waals surface area contributed by atoms with Crippen molar-refractivity contribution in [3.63, 3.8) is 0 Å². The molecule has 2 aromatic heterocycles. The number of hydrogen-bond donors (Lipinski definition) is 3. The van der Waals surface area contributed by atoms with Gasteiger partial charge in [-0.25, -0.2) is 9.97 Å². The maximum absolute atomic E-state index is 12.0. The minimum atomic E-state index is -1.09. The van der Waals surface area contributed by atoms with Gasteiger partial charge in [-0.15, -0.1) is 11.3 Å². The van der Waals surface area contributed by atoms with Gasteiger partial charge >= 0.3 is 5.97 Å². The normalized spacial score (nSPS) is 10.7. The van der Waals surface area contributed by atoms with Crippen molar-refractivity contribution in [2.45, 2.75) is 6.92 Å². The van der Waals surface area contributed by atoms with Gasteiger partial charge in [-0.05, 0) is 36.8 Å². The zero-order valence-electron chi connectivity index (χ0n) is 16.0. The van der Waals surface area contributed by atoms with Crippen molar-refractivity contribution in [1.82, 2.24) is 15.3 Å². The second-order valence-corrected chi connectivity index (χ2v) is 7.78. The highest BCUT2D eigenvalue weighted by Gasteiger charge is 2.17. The average molecular weight is 418 g/mol. The van der Waals surface area contributed by atoms with Crippen molar-refractivity contribution < 1.29 is 14.7 Å². The quantitative estimate of drug-likeness (QED) is 0.433. The lowest BCUT2D eigenvalue weighted by Gasteiger charge is -2.10. The topological polar surface area (TPSA) is 104 Å². The number of thiophene rings is 1. The van der Waals surface area contributed by atoms with Crippen molar-refractivity contribution >= 4 is 44.9 Å². The molecule has 0 bridgehead atoms. The van der Waals surface area contributed by atoms with Gasteiger partial charge in [-0.3, -0.25) is 9.59 Å². The molecule has 0 aliphatic carbocycles. The number of carbonyl (C=O) groups excluding carboxylic acids is 1. The van der Waals surface area contributed by atoms with E-state index in [0.29, 0.717) is 11.4 Å².